The highest BCUT2D eigenvalue weighted by molar-refractivity contribution is 7.15. The van der Waals surface area contributed by atoms with Gasteiger partial charge >= 0.3 is 0 Å². The van der Waals surface area contributed by atoms with E-state index in [-0.39, 0.29) is 30.2 Å². The highest BCUT2D eigenvalue weighted by atomic mass is 35.5. The van der Waals surface area contributed by atoms with Crippen LogP contribution in [0.15, 0.2) is 60.0 Å². The van der Waals surface area contributed by atoms with Crippen molar-refractivity contribution in [3.05, 3.63) is 70.6 Å². The van der Waals surface area contributed by atoms with Gasteiger partial charge in [0.1, 0.15) is 0 Å². The predicted molar refractivity (Wildman–Crippen MR) is 125 cm³/mol. The largest absolute Gasteiger partial charge is 0.335 e. The first-order chi connectivity index (χ1) is 15.5. The Morgan fingerprint density at radius 3 is 2.69 bits per heavy atom. The van der Waals surface area contributed by atoms with Crippen LogP contribution in [0.5, 0.6) is 0 Å². The van der Waals surface area contributed by atoms with Gasteiger partial charge in [0.2, 0.25) is 22.7 Å². The topological polar surface area (TPSA) is 79.6 Å². The zero-order valence-corrected chi connectivity index (χ0v) is 18.8. The molecule has 2 aromatic carbocycles. The lowest BCUT2D eigenvalue weighted by Gasteiger charge is -2.25. The van der Waals surface area contributed by atoms with Gasteiger partial charge in [0, 0.05) is 28.9 Å². The molecule has 1 fully saturated rings. The molecule has 2 unspecified atom stereocenters. The van der Waals surface area contributed by atoms with Gasteiger partial charge in [-0.15, -0.1) is 16.4 Å². The van der Waals surface area contributed by atoms with Gasteiger partial charge in [-0.25, -0.2) is 4.52 Å². The van der Waals surface area contributed by atoms with Crippen molar-refractivity contribution in [3.63, 3.8) is 0 Å². The van der Waals surface area contributed by atoms with E-state index in [1.54, 1.807) is 9.42 Å². The third-order valence-electron chi connectivity index (χ3n) is 5.74. The van der Waals surface area contributed by atoms with Crippen LogP contribution >= 0.6 is 22.9 Å². The molecule has 1 N–H and O–H groups in total. The number of anilines is 1. The van der Waals surface area contributed by atoms with Crippen molar-refractivity contribution >= 4 is 45.7 Å². The number of thiazole rings is 1. The summed E-state index contributed by atoms with van der Waals surface area (Å²) >= 11 is 7.42. The number of halogens is 1. The third-order valence-corrected chi connectivity index (χ3v) is 6.80. The van der Waals surface area contributed by atoms with E-state index in [4.69, 9.17) is 11.6 Å². The van der Waals surface area contributed by atoms with Crippen LogP contribution < -0.4 is 5.32 Å². The van der Waals surface area contributed by atoms with Crippen molar-refractivity contribution < 1.29 is 9.59 Å². The van der Waals surface area contributed by atoms with Crippen LogP contribution in [-0.2, 0) is 9.59 Å². The molecule has 0 bridgehead atoms. The molecular weight excluding hydrogens is 446 g/mol. The molecule has 1 aliphatic heterocycles. The van der Waals surface area contributed by atoms with Gasteiger partial charge in [-0.05, 0) is 24.6 Å². The van der Waals surface area contributed by atoms with E-state index in [0.29, 0.717) is 16.5 Å². The second-order valence-electron chi connectivity index (χ2n) is 7.78. The molecule has 2 atom stereocenters. The van der Waals surface area contributed by atoms with Crippen molar-refractivity contribution in [1.82, 2.24) is 19.5 Å². The Bertz CT molecular complexity index is 1280. The average molecular weight is 466 g/mol. The van der Waals surface area contributed by atoms with E-state index in [9.17, 15) is 9.59 Å². The van der Waals surface area contributed by atoms with Gasteiger partial charge in [-0.2, -0.15) is 4.98 Å². The lowest BCUT2D eigenvalue weighted by Crippen LogP contribution is -2.30. The average Bonchev–Trinajstić information content (AvgIpc) is 3.49. The van der Waals surface area contributed by atoms with Crippen LogP contribution in [-0.4, -0.2) is 37.9 Å². The van der Waals surface area contributed by atoms with Crippen LogP contribution in [0.4, 0.5) is 5.95 Å². The molecule has 0 spiro atoms. The summed E-state index contributed by atoms with van der Waals surface area (Å²) in [4.78, 5) is 32.3. The number of fused-ring (bicyclic) bond motifs is 1. The molecule has 2 aromatic heterocycles. The van der Waals surface area contributed by atoms with Gasteiger partial charge in [-0.3, -0.25) is 14.9 Å². The molecule has 162 valence electrons. The second kappa shape index (κ2) is 8.37. The van der Waals surface area contributed by atoms with Crippen LogP contribution in [0, 0.1) is 5.92 Å². The summed E-state index contributed by atoms with van der Waals surface area (Å²) in [5.74, 6) is -0.470. The Labute approximate surface area is 193 Å². The fourth-order valence-corrected chi connectivity index (χ4v) is 4.92. The number of aromatic nitrogens is 3. The van der Waals surface area contributed by atoms with E-state index in [1.165, 1.54) is 11.3 Å². The Balaban J connectivity index is 1.30. The summed E-state index contributed by atoms with van der Waals surface area (Å²) in [5, 5.41) is 9.87. The first kappa shape index (κ1) is 20.7. The Kier molecular flexibility index (Phi) is 5.40. The fourth-order valence-electron chi connectivity index (χ4n) is 3.96. The maximum atomic E-state index is 12.9. The Morgan fingerprint density at radius 2 is 1.94 bits per heavy atom. The molecule has 0 radical (unpaired) electrons. The third kappa shape index (κ3) is 3.87. The monoisotopic (exact) mass is 465 g/mol. The molecule has 2 amide bonds. The van der Waals surface area contributed by atoms with Gasteiger partial charge in [0.25, 0.3) is 0 Å². The van der Waals surface area contributed by atoms with E-state index >= 15 is 0 Å². The maximum absolute atomic E-state index is 12.9. The molecule has 7 nitrogen and oxygen atoms in total. The molecule has 3 heterocycles. The van der Waals surface area contributed by atoms with Crippen LogP contribution in [0.1, 0.15) is 24.9 Å². The highest BCUT2D eigenvalue weighted by Gasteiger charge is 2.37. The quantitative estimate of drug-likeness (QED) is 0.465. The van der Waals surface area contributed by atoms with Crippen LogP contribution in [0.25, 0.3) is 16.2 Å². The van der Waals surface area contributed by atoms with E-state index in [1.807, 2.05) is 66.9 Å². The number of hydrogen-bond donors (Lipinski definition) is 1. The zero-order valence-electron chi connectivity index (χ0n) is 17.2. The summed E-state index contributed by atoms with van der Waals surface area (Å²) in [7, 11) is 0. The Hall–Kier alpha value is -3.23. The first-order valence-corrected chi connectivity index (χ1v) is 11.5. The lowest BCUT2D eigenvalue weighted by atomic mass is 10.1. The minimum atomic E-state index is -0.439. The number of benzene rings is 2. The first-order valence-electron chi connectivity index (χ1n) is 10.2. The molecule has 0 saturated carbocycles. The number of carbonyl (C=O) groups is 2. The summed E-state index contributed by atoms with van der Waals surface area (Å²) < 4.78 is 1.70. The highest BCUT2D eigenvalue weighted by Crippen LogP contribution is 2.30. The molecule has 9 heteroatoms. The number of nitrogens with zero attached hydrogens (tertiary/aromatic N) is 4. The summed E-state index contributed by atoms with van der Waals surface area (Å²) in [5.41, 5.74) is 2.87. The van der Waals surface area contributed by atoms with Gasteiger partial charge in [0.15, 0.2) is 0 Å². The molecule has 4 aromatic rings. The minimum absolute atomic E-state index is 0.0229. The van der Waals surface area contributed by atoms with Crippen molar-refractivity contribution in [2.75, 3.05) is 11.9 Å². The summed E-state index contributed by atoms with van der Waals surface area (Å²) in [6, 6.07) is 17.2. The van der Waals surface area contributed by atoms with Crippen molar-refractivity contribution in [2.45, 2.75) is 19.4 Å². The zero-order chi connectivity index (χ0) is 22.2. The number of hydrogen-bond acceptors (Lipinski definition) is 5. The number of nitrogens with one attached hydrogen (secondary N) is 1. The number of likely N-dealkylation sites (tertiary alicyclic amines) is 1. The van der Waals surface area contributed by atoms with Gasteiger partial charge in [0.05, 0.1) is 17.7 Å². The normalized spacial score (nSPS) is 17.1. The maximum Gasteiger partial charge on any atom is 0.250 e. The van der Waals surface area contributed by atoms with Gasteiger partial charge < -0.3 is 4.90 Å². The van der Waals surface area contributed by atoms with Gasteiger partial charge in [-0.1, -0.05) is 54.1 Å². The van der Waals surface area contributed by atoms with Crippen molar-refractivity contribution in [1.29, 1.82) is 0 Å². The summed E-state index contributed by atoms with van der Waals surface area (Å²) in [6.07, 6.45) is 0.182. The summed E-state index contributed by atoms with van der Waals surface area (Å²) in [6.45, 7) is 2.36. The number of rotatable bonds is 5. The Morgan fingerprint density at radius 1 is 1.19 bits per heavy atom. The molecule has 32 heavy (non-hydrogen) atoms. The van der Waals surface area contributed by atoms with Crippen LogP contribution in [0.3, 0.4) is 0 Å². The molecule has 0 aliphatic carbocycles. The predicted octanol–water partition coefficient (Wildman–Crippen LogP) is 4.66. The van der Waals surface area contributed by atoms with E-state index < -0.39 is 5.92 Å². The second-order valence-corrected chi connectivity index (χ2v) is 9.05. The number of amides is 2. The van der Waals surface area contributed by atoms with Crippen molar-refractivity contribution in [2.24, 2.45) is 5.92 Å². The standard InChI is InChI=1S/C23H20ClN5O2S/c1-14(15-5-3-2-4-6-15)28-12-17(11-20(28)30)21(31)25-22-26-23-29(27-22)19(13-32-23)16-7-9-18(24)10-8-16/h2-10,13-14,17H,11-12H2,1H3,(H,25,27,31). The molecule has 1 saturated heterocycles. The lowest BCUT2D eigenvalue weighted by molar-refractivity contribution is -0.129. The minimum Gasteiger partial charge on any atom is -0.335 e. The van der Waals surface area contributed by atoms with E-state index in [0.717, 1.165) is 16.8 Å². The molecule has 1 aliphatic rings. The van der Waals surface area contributed by atoms with E-state index in [2.05, 4.69) is 15.4 Å². The van der Waals surface area contributed by atoms with Crippen molar-refractivity contribution in [3.8, 4) is 11.3 Å². The van der Waals surface area contributed by atoms with Crippen LogP contribution in [0.2, 0.25) is 5.02 Å². The molecular formula is C23H20ClN5O2S. The molecule has 5 rings (SSSR count). The fraction of sp³-hybridized carbons (Fsp3) is 0.217. The number of carbonyl (C=O) groups excluding carboxylic acids is 2. The SMILES string of the molecule is CC(c1ccccc1)N1CC(C(=O)Nc2nc3scc(-c4ccc(Cl)cc4)n3n2)CC1=O. The smallest absolute Gasteiger partial charge is 0.250 e.